The number of nitrogens with zero attached hydrogens (tertiary/aromatic N) is 2. The molecule has 0 aliphatic heterocycles. The molecule has 1 saturated carbocycles. The van der Waals surface area contributed by atoms with Gasteiger partial charge in [-0.2, -0.15) is 5.10 Å². The zero-order chi connectivity index (χ0) is 11.5. The monoisotopic (exact) mass is 217 g/mol. The summed E-state index contributed by atoms with van der Waals surface area (Å²) in [6.07, 6.45) is 6.65. The van der Waals surface area contributed by atoms with Gasteiger partial charge in [0.1, 0.15) is 0 Å². The number of fused-ring (bicyclic) bond motifs is 1. The van der Waals surface area contributed by atoms with Gasteiger partial charge in [0.2, 0.25) is 0 Å². The third-order valence-electron chi connectivity index (χ3n) is 4.71. The van der Waals surface area contributed by atoms with Crippen LogP contribution in [0.3, 0.4) is 0 Å². The normalized spacial score (nSPS) is 30.8. The van der Waals surface area contributed by atoms with E-state index in [4.69, 9.17) is 5.73 Å². The van der Waals surface area contributed by atoms with Gasteiger partial charge in [-0.15, -0.1) is 0 Å². The van der Waals surface area contributed by atoms with E-state index in [0.717, 1.165) is 17.3 Å². The van der Waals surface area contributed by atoms with Crippen molar-refractivity contribution in [1.29, 1.82) is 0 Å². The molecule has 1 fully saturated rings. The van der Waals surface area contributed by atoms with Crippen molar-refractivity contribution in [3.05, 3.63) is 18.0 Å². The molecule has 3 nitrogen and oxygen atoms in total. The van der Waals surface area contributed by atoms with Crippen molar-refractivity contribution in [2.24, 2.45) is 24.3 Å². The van der Waals surface area contributed by atoms with Crippen LogP contribution in [0, 0.1) is 17.3 Å². The molecule has 0 spiro atoms. The molecule has 0 amide bonds. The standard InChI is InChI=1S/C13H19N3/c1-13(2)8-4-5-9(10(13)6-8)12-11(14)7-15-16(12)3/h5,7-8,10H,4,6,14H2,1-3H3. The van der Waals surface area contributed by atoms with Crippen LogP contribution in [0.1, 0.15) is 32.4 Å². The SMILES string of the molecule is Cn1ncc(N)c1C1=CCC2CC1C2(C)C. The van der Waals surface area contributed by atoms with E-state index in [-0.39, 0.29) is 0 Å². The van der Waals surface area contributed by atoms with E-state index in [2.05, 4.69) is 25.0 Å². The predicted octanol–water partition coefficient (Wildman–Crippen LogP) is 2.45. The molecule has 1 aromatic rings. The molecule has 0 aromatic carbocycles. The number of hydrogen-bond donors (Lipinski definition) is 1. The molecule has 3 heteroatoms. The summed E-state index contributed by atoms with van der Waals surface area (Å²) in [4.78, 5) is 0. The van der Waals surface area contributed by atoms with Crippen molar-refractivity contribution >= 4 is 11.3 Å². The van der Waals surface area contributed by atoms with Crippen LogP contribution in [-0.4, -0.2) is 9.78 Å². The summed E-state index contributed by atoms with van der Waals surface area (Å²) in [6, 6.07) is 0. The summed E-state index contributed by atoms with van der Waals surface area (Å²) < 4.78 is 1.91. The molecule has 4 rings (SSSR count). The van der Waals surface area contributed by atoms with Crippen LogP contribution in [0.2, 0.25) is 0 Å². The first-order chi connectivity index (χ1) is 7.51. The maximum Gasteiger partial charge on any atom is 0.0868 e. The Bertz CT molecular complexity index is 448. The Balaban J connectivity index is 2.06. The van der Waals surface area contributed by atoms with Gasteiger partial charge in [-0.1, -0.05) is 19.9 Å². The summed E-state index contributed by atoms with van der Waals surface area (Å²) in [5, 5.41) is 4.24. The third-order valence-corrected chi connectivity index (χ3v) is 4.71. The second kappa shape index (κ2) is 2.90. The number of aromatic nitrogens is 2. The Morgan fingerprint density at radius 2 is 2.25 bits per heavy atom. The van der Waals surface area contributed by atoms with Crippen LogP contribution in [0.4, 0.5) is 5.69 Å². The van der Waals surface area contributed by atoms with Crippen molar-refractivity contribution in [1.82, 2.24) is 9.78 Å². The highest BCUT2D eigenvalue weighted by Gasteiger charge is 2.52. The van der Waals surface area contributed by atoms with E-state index in [9.17, 15) is 0 Å². The molecule has 2 atom stereocenters. The molecular formula is C13H19N3. The molecule has 86 valence electrons. The maximum absolute atomic E-state index is 6.02. The highest BCUT2D eigenvalue weighted by molar-refractivity contribution is 5.76. The lowest BCUT2D eigenvalue weighted by Gasteiger charge is -2.56. The summed E-state index contributed by atoms with van der Waals surface area (Å²) in [5.74, 6) is 1.54. The van der Waals surface area contributed by atoms with Crippen LogP contribution >= 0.6 is 0 Å². The molecule has 0 saturated heterocycles. The molecule has 2 bridgehead atoms. The van der Waals surface area contributed by atoms with Crippen molar-refractivity contribution in [3.63, 3.8) is 0 Å². The van der Waals surface area contributed by atoms with Gasteiger partial charge in [0.05, 0.1) is 17.6 Å². The van der Waals surface area contributed by atoms with Crippen molar-refractivity contribution in [2.75, 3.05) is 5.73 Å². The largest absolute Gasteiger partial charge is 0.396 e. The Morgan fingerprint density at radius 3 is 2.75 bits per heavy atom. The highest BCUT2D eigenvalue weighted by atomic mass is 15.3. The van der Waals surface area contributed by atoms with E-state index < -0.39 is 0 Å². The van der Waals surface area contributed by atoms with E-state index >= 15 is 0 Å². The lowest BCUT2D eigenvalue weighted by atomic mass is 9.48. The predicted molar refractivity (Wildman–Crippen MR) is 65.6 cm³/mol. The fourth-order valence-electron chi connectivity index (χ4n) is 3.42. The van der Waals surface area contributed by atoms with Crippen LogP contribution < -0.4 is 5.73 Å². The third kappa shape index (κ3) is 1.06. The lowest BCUT2D eigenvalue weighted by molar-refractivity contribution is 0.0109. The van der Waals surface area contributed by atoms with Gasteiger partial charge in [0.25, 0.3) is 0 Å². The van der Waals surface area contributed by atoms with Crippen molar-refractivity contribution in [3.8, 4) is 0 Å². The molecular weight excluding hydrogens is 198 g/mol. The minimum Gasteiger partial charge on any atom is -0.396 e. The number of allylic oxidation sites excluding steroid dienone is 2. The topological polar surface area (TPSA) is 43.8 Å². The van der Waals surface area contributed by atoms with Crippen molar-refractivity contribution in [2.45, 2.75) is 26.7 Å². The molecule has 0 radical (unpaired) electrons. The number of nitrogens with two attached hydrogens (primary N) is 1. The number of aryl methyl sites for hydroxylation is 1. The number of rotatable bonds is 1. The first kappa shape index (κ1) is 9.94. The molecule has 2 N–H and O–H groups in total. The second-order valence-corrected chi connectivity index (χ2v) is 5.77. The zero-order valence-corrected chi connectivity index (χ0v) is 10.2. The first-order valence-electron chi connectivity index (χ1n) is 5.99. The summed E-state index contributed by atoms with van der Waals surface area (Å²) in [6.45, 7) is 4.76. The molecule has 3 aliphatic carbocycles. The van der Waals surface area contributed by atoms with Gasteiger partial charge in [-0.3, -0.25) is 4.68 Å². The van der Waals surface area contributed by atoms with Gasteiger partial charge in [0, 0.05) is 7.05 Å². The molecule has 1 heterocycles. The Labute approximate surface area is 96.3 Å². The summed E-state index contributed by atoms with van der Waals surface area (Å²) in [7, 11) is 1.98. The number of nitrogen functional groups attached to an aromatic ring is 1. The zero-order valence-electron chi connectivity index (χ0n) is 10.2. The van der Waals surface area contributed by atoms with E-state index in [0.29, 0.717) is 11.3 Å². The Kier molecular flexibility index (Phi) is 1.80. The Morgan fingerprint density at radius 1 is 1.50 bits per heavy atom. The average molecular weight is 217 g/mol. The summed E-state index contributed by atoms with van der Waals surface area (Å²) in [5.41, 5.74) is 9.83. The minimum atomic E-state index is 0.445. The van der Waals surface area contributed by atoms with Crippen LogP contribution in [0.5, 0.6) is 0 Å². The first-order valence-corrected chi connectivity index (χ1v) is 5.99. The smallest absolute Gasteiger partial charge is 0.0868 e. The fraction of sp³-hybridized carbons (Fsp3) is 0.615. The fourth-order valence-corrected chi connectivity index (χ4v) is 3.42. The van der Waals surface area contributed by atoms with Crippen LogP contribution in [0.25, 0.3) is 5.57 Å². The van der Waals surface area contributed by atoms with Crippen molar-refractivity contribution < 1.29 is 0 Å². The molecule has 16 heavy (non-hydrogen) atoms. The maximum atomic E-state index is 6.02. The van der Waals surface area contributed by atoms with Gasteiger partial charge in [-0.25, -0.2) is 0 Å². The second-order valence-electron chi connectivity index (χ2n) is 5.77. The highest BCUT2D eigenvalue weighted by Crippen LogP contribution is 2.61. The molecule has 2 unspecified atom stereocenters. The van der Waals surface area contributed by atoms with Crippen LogP contribution in [0.15, 0.2) is 12.3 Å². The minimum absolute atomic E-state index is 0.445. The van der Waals surface area contributed by atoms with Gasteiger partial charge < -0.3 is 5.73 Å². The molecule has 1 aromatic heterocycles. The van der Waals surface area contributed by atoms with Crippen LogP contribution in [-0.2, 0) is 7.05 Å². The van der Waals surface area contributed by atoms with E-state index in [1.165, 1.54) is 18.4 Å². The number of anilines is 1. The van der Waals surface area contributed by atoms with Gasteiger partial charge >= 0.3 is 0 Å². The Hall–Kier alpha value is -1.25. The number of hydrogen-bond acceptors (Lipinski definition) is 2. The van der Waals surface area contributed by atoms with Gasteiger partial charge in [0.15, 0.2) is 0 Å². The summed E-state index contributed by atoms with van der Waals surface area (Å²) >= 11 is 0. The molecule has 3 aliphatic rings. The van der Waals surface area contributed by atoms with Gasteiger partial charge in [-0.05, 0) is 35.7 Å². The lowest BCUT2D eigenvalue weighted by Crippen LogP contribution is -2.47. The van der Waals surface area contributed by atoms with E-state index in [1.807, 2.05) is 11.7 Å². The van der Waals surface area contributed by atoms with E-state index in [1.54, 1.807) is 6.20 Å². The quantitative estimate of drug-likeness (QED) is 0.785. The average Bonchev–Trinajstić information content (AvgIpc) is 2.58.